The average molecular weight is 808 g/mol. The second kappa shape index (κ2) is 15.2. The number of fused-ring (bicyclic) bond motifs is 1. The molecular weight excluding hydrogens is 768 g/mol. The molecule has 3 aromatic heterocycles. The summed E-state index contributed by atoms with van der Waals surface area (Å²) in [4.78, 5) is 40.3. The molecule has 2 N–H and O–H groups in total. The molecule has 0 saturated carbocycles. The topological polar surface area (TPSA) is 159 Å². The Bertz CT molecular complexity index is 2400. The Kier molecular flexibility index (Phi) is 10.3. The van der Waals surface area contributed by atoms with E-state index in [-0.39, 0.29) is 28.3 Å². The van der Waals surface area contributed by atoms with Crippen molar-refractivity contribution in [1.82, 2.24) is 39.3 Å². The van der Waals surface area contributed by atoms with Crippen LogP contribution in [0.1, 0.15) is 42.9 Å². The Morgan fingerprint density at radius 3 is 2.32 bits per heavy atom. The predicted octanol–water partition coefficient (Wildman–Crippen LogP) is 5.13. The van der Waals surface area contributed by atoms with E-state index in [1.165, 1.54) is 34.8 Å². The molecule has 18 heteroatoms. The lowest BCUT2D eigenvalue weighted by molar-refractivity contribution is -0.134. The van der Waals surface area contributed by atoms with Crippen molar-refractivity contribution in [3.8, 4) is 22.9 Å². The maximum Gasteiger partial charge on any atom is 0.243 e. The molecule has 3 fully saturated rings. The van der Waals surface area contributed by atoms with Gasteiger partial charge in [-0.2, -0.15) is 9.40 Å². The summed E-state index contributed by atoms with van der Waals surface area (Å²) in [6.45, 7) is 5.77. The molecule has 0 radical (unpaired) electrons. The summed E-state index contributed by atoms with van der Waals surface area (Å²) in [7, 11) is -1.93. The van der Waals surface area contributed by atoms with Gasteiger partial charge in [-0.15, -0.1) is 0 Å². The number of nitrogens with one attached hydrogen (secondary N) is 2. The number of anilines is 1. The van der Waals surface area contributed by atoms with E-state index in [0.717, 1.165) is 30.6 Å². The summed E-state index contributed by atoms with van der Waals surface area (Å²) in [6.07, 6.45) is 5.04. The van der Waals surface area contributed by atoms with E-state index < -0.39 is 39.4 Å². The van der Waals surface area contributed by atoms with Gasteiger partial charge in [-0.3, -0.25) is 19.6 Å². The number of halogens is 3. The van der Waals surface area contributed by atoms with Gasteiger partial charge < -0.3 is 19.5 Å². The van der Waals surface area contributed by atoms with Crippen molar-refractivity contribution < 1.29 is 31.5 Å². The van der Waals surface area contributed by atoms with Crippen molar-refractivity contribution in [3.05, 3.63) is 76.7 Å². The molecule has 2 aromatic carbocycles. The predicted molar refractivity (Wildman–Crippen MR) is 204 cm³/mol. The molecule has 294 valence electrons. The zero-order chi connectivity index (χ0) is 39.3. The molecule has 5 aromatic rings. The highest BCUT2D eigenvalue weighted by Crippen LogP contribution is 2.37. The van der Waals surface area contributed by atoms with E-state index in [1.54, 1.807) is 16.8 Å². The minimum Gasteiger partial charge on any atom is -0.453 e. The molecular formula is C38H40ClF2N9O5S. The first-order chi connectivity index (χ1) is 26.8. The molecule has 3 saturated heterocycles. The number of rotatable bonds is 9. The van der Waals surface area contributed by atoms with E-state index in [9.17, 15) is 18.0 Å². The molecule has 8 rings (SSSR count). The van der Waals surface area contributed by atoms with Crippen LogP contribution in [0.25, 0.3) is 22.6 Å². The number of carbonyl (C=O) groups is 2. The van der Waals surface area contributed by atoms with Crippen molar-refractivity contribution in [2.45, 2.75) is 43.4 Å². The number of aryl methyl sites for hydroxylation is 2. The monoisotopic (exact) mass is 807 g/mol. The SMILES string of the molecule is Cc1nn(C)cc1-c1nc2ncc(Cl)c(Oc3ccc(S(=O)(=O)N4CCN(CC5CCN(c6cc(F)c([C@H]7CCC(=O)NC7=O)c(F)c6)CC5)CC4)cc3)c2[nH]1. The van der Waals surface area contributed by atoms with Crippen LogP contribution < -0.4 is 15.0 Å². The van der Waals surface area contributed by atoms with Crippen molar-refractivity contribution in [1.29, 1.82) is 0 Å². The maximum atomic E-state index is 15.1. The number of carbonyl (C=O) groups excluding carboxylic acids is 2. The lowest BCUT2D eigenvalue weighted by atomic mass is 9.89. The number of benzene rings is 2. The highest BCUT2D eigenvalue weighted by molar-refractivity contribution is 7.89. The number of hydrogen-bond donors (Lipinski definition) is 2. The number of aromatic nitrogens is 5. The summed E-state index contributed by atoms with van der Waals surface area (Å²) in [6, 6.07) is 8.78. The highest BCUT2D eigenvalue weighted by atomic mass is 35.5. The van der Waals surface area contributed by atoms with Gasteiger partial charge in [0.1, 0.15) is 33.7 Å². The largest absolute Gasteiger partial charge is 0.453 e. The molecule has 14 nitrogen and oxygen atoms in total. The third kappa shape index (κ3) is 7.47. The Hall–Kier alpha value is -4.97. The molecule has 0 spiro atoms. The lowest BCUT2D eigenvalue weighted by Gasteiger charge is -2.39. The van der Waals surface area contributed by atoms with Crippen LogP contribution in [0.4, 0.5) is 14.5 Å². The average Bonchev–Trinajstić information content (AvgIpc) is 3.76. The van der Waals surface area contributed by atoms with Crippen LogP contribution in [0, 0.1) is 24.5 Å². The number of ether oxygens (including phenoxy) is 1. The van der Waals surface area contributed by atoms with E-state index in [4.69, 9.17) is 16.3 Å². The van der Waals surface area contributed by atoms with Crippen molar-refractivity contribution in [2.75, 3.05) is 50.7 Å². The normalized spacial score (nSPS) is 19.2. The first kappa shape index (κ1) is 37.9. The number of imide groups is 1. The molecule has 6 heterocycles. The molecule has 3 aliphatic rings. The minimum atomic E-state index is -3.76. The second-order valence-corrected chi connectivity index (χ2v) is 16.9. The molecule has 0 bridgehead atoms. The van der Waals surface area contributed by atoms with E-state index >= 15 is 8.78 Å². The fraction of sp³-hybridized carbons (Fsp3) is 0.395. The number of piperazine rings is 1. The fourth-order valence-corrected chi connectivity index (χ4v) is 9.47. The number of aromatic amines is 1. The standard InChI is InChI=1S/C38H40ClF2N9O5S/c1-22-28(21-47(2)46-22)36-44-34-35(29(39)19-42-37(34)45-36)55-25-3-5-26(6-4-25)56(53,54)50-15-13-48(14-16-50)20-23-9-11-49(12-10-23)24-17-30(40)33(31(41)18-24)27-7-8-32(51)43-38(27)52/h3-6,17-19,21,23,27H,7-16,20H2,1-2H3,(H,42,44,45)(H,43,51,52)/t27-/m1/s1. The van der Waals surface area contributed by atoms with E-state index in [1.807, 2.05) is 25.1 Å². The molecule has 0 unspecified atom stereocenters. The van der Waals surface area contributed by atoms with E-state index in [2.05, 4.69) is 30.3 Å². The van der Waals surface area contributed by atoms with Gasteiger partial charge in [0.2, 0.25) is 21.8 Å². The van der Waals surface area contributed by atoms with Gasteiger partial charge in [-0.1, -0.05) is 11.6 Å². The van der Waals surface area contributed by atoms with Gasteiger partial charge in [0.05, 0.1) is 28.3 Å². The number of H-pyrrole nitrogens is 1. The first-order valence-electron chi connectivity index (χ1n) is 18.5. The summed E-state index contributed by atoms with van der Waals surface area (Å²) in [5, 5.41) is 6.80. The third-order valence-electron chi connectivity index (χ3n) is 10.9. The Morgan fingerprint density at radius 1 is 0.982 bits per heavy atom. The van der Waals surface area contributed by atoms with Crippen LogP contribution >= 0.6 is 11.6 Å². The van der Waals surface area contributed by atoms with Crippen molar-refractivity contribution >= 4 is 50.3 Å². The van der Waals surface area contributed by atoms with Gasteiger partial charge in [0.25, 0.3) is 0 Å². The molecule has 1 atom stereocenters. The van der Waals surface area contributed by atoms with E-state index in [0.29, 0.717) is 79.4 Å². The number of amides is 2. The van der Waals surface area contributed by atoms with Gasteiger partial charge in [0.15, 0.2) is 11.4 Å². The summed E-state index contributed by atoms with van der Waals surface area (Å²) in [5.74, 6) is -2.10. The van der Waals surface area contributed by atoms with Crippen molar-refractivity contribution in [3.63, 3.8) is 0 Å². The zero-order valence-corrected chi connectivity index (χ0v) is 32.3. The number of sulfonamides is 1. The molecule has 3 aliphatic heterocycles. The van der Waals surface area contributed by atoms with Gasteiger partial charge in [0, 0.05) is 76.7 Å². The van der Waals surface area contributed by atoms with Crippen LogP contribution in [-0.2, 0) is 26.7 Å². The quantitative estimate of drug-likeness (QED) is 0.191. The Morgan fingerprint density at radius 2 is 1.68 bits per heavy atom. The Labute approximate surface area is 326 Å². The number of pyridine rings is 1. The van der Waals surface area contributed by atoms with Gasteiger partial charge in [-0.25, -0.2) is 27.2 Å². The third-order valence-corrected chi connectivity index (χ3v) is 13.0. The summed E-state index contributed by atoms with van der Waals surface area (Å²) < 4.78 is 66.9. The molecule has 2 amide bonds. The Balaban J connectivity index is 0.843. The second-order valence-electron chi connectivity index (χ2n) is 14.6. The number of piperidine rings is 2. The number of hydrogen-bond acceptors (Lipinski definition) is 10. The fourth-order valence-electron chi connectivity index (χ4n) is 7.86. The van der Waals surface area contributed by atoms with Crippen LogP contribution in [0.5, 0.6) is 11.5 Å². The zero-order valence-electron chi connectivity index (χ0n) is 30.8. The van der Waals surface area contributed by atoms with Gasteiger partial charge >= 0.3 is 0 Å². The van der Waals surface area contributed by atoms with Crippen molar-refractivity contribution in [2.24, 2.45) is 13.0 Å². The molecule has 56 heavy (non-hydrogen) atoms. The van der Waals surface area contributed by atoms with Crippen LogP contribution in [0.3, 0.4) is 0 Å². The highest BCUT2D eigenvalue weighted by Gasteiger charge is 2.34. The van der Waals surface area contributed by atoms with Crippen LogP contribution in [0.2, 0.25) is 5.02 Å². The van der Waals surface area contributed by atoms with Crippen LogP contribution in [0.15, 0.2) is 53.7 Å². The number of imidazole rings is 1. The van der Waals surface area contributed by atoms with Crippen LogP contribution in [-0.4, -0.2) is 100.0 Å². The first-order valence-corrected chi connectivity index (χ1v) is 20.3. The lowest BCUT2D eigenvalue weighted by Crippen LogP contribution is -2.50. The maximum absolute atomic E-state index is 15.1. The summed E-state index contributed by atoms with van der Waals surface area (Å²) >= 11 is 6.50. The number of nitrogens with zero attached hydrogens (tertiary/aromatic N) is 7. The van der Waals surface area contributed by atoms with Gasteiger partial charge in [-0.05, 0) is 68.5 Å². The summed E-state index contributed by atoms with van der Waals surface area (Å²) in [5.41, 5.74) is 2.65. The minimum absolute atomic E-state index is 0.0376. The smallest absolute Gasteiger partial charge is 0.243 e. The molecule has 0 aliphatic carbocycles.